The Hall–Kier alpha value is -4.12. The quantitative estimate of drug-likeness (QED) is 0.498. The van der Waals surface area contributed by atoms with E-state index in [9.17, 15) is 0 Å². The van der Waals surface area contributed by atoms with Gasteiger partial charge in [-0.15, -0.1) is 0 Å². The number of nitrogens with one attached hydrogen (secondary N) is 2. The molecule has 29 heavy (non-hydrogen) atoms. The predicted octanol–water partition coefficient (Wildman–Crippen LogP) is 5.41. The molecule has 2 N–H and O–H groups in total. The number of fused-ring (bicyclic) bond motifs is 1. The molecule has 140 valence electrons. The maximum absolute atomic E-state index is 5.81. The van der Waals surface area contributed by atoms with E-state index >= 15 is 0 Å². The van der Waals surface area contributed by atoms with Gasteiger partial charge in [0.15, 0.2) is 5.76 Å². The first-order valence-electron chi connectivity index (χ1n) is 9.29. The Bertz CT molecular complexity index is 1210. The maximum Gasteiger partial charge on any atom is 0.299 e. The molecule has 5 heteroatoms. The van der Waals surface area contributed by atoms with E-state index < -0.39 is 0 Å². The molecule has 0 fully saturated rings. The van der Waals surface area contributed by atoms with Gasteiger partial charge in [-0.1, -0.05) is 73.3 Å². The molecule has 5 rings (SSSR count). The number of hydrogen-bond donors (Lipinski definition) is 2. The summed E-state index contributed by atoms with van der Waals surface area (Å²) in [6.07, 6.45) is 1.72. The van der Waals surface area contributed by atoms with Crippen molar-refractivity contribution in [2.45, 2.75) is 0 Å². The first kappa shape index (κ1) is 17.0. The summed E-state index contributed by atoms with van der Waals surface area (Å²) in [5, 5.41) is 7.69. The zero-order chi connectivity index (χ0) is 19.6. The number of oxazole rings is 1. The lowest BCUT2D eigenvalue weighted by atomic mass is 9.95. The molecule has 4 aromatic rings. The van der Waals surface area contributed by atoms with E-state index in [4.69, 9.17) is 4.42 Å². The normalized spacial score (nSPS) is 12.7. The lowest BCUT2D eigenvalue weighted by molar-refractivity contribution is 0.592. The van der Waals surface area contributed by atoms with E-state index in [1.54, 1.807) is 6.20 Å². The van der Waals surface area contributed by atoms with Gasteiger partial charge in [0.1, 0.15) is 0 Å². The highest BCUT2D eigenvalue weighted by Gasteiger charge is 2.17. The van der Waals surface area contributed by atoms with Crippen LogP contribution in [0.4, 0.5) is 11.7 Å². The molecule has 0 amide bonds. The van der Waals surface area contributed by atoms with E-state index in [2.05, 4.69) is 33.5 Å². The number of benzene rings is 3. The van der Waals surface area contributed by atoms with E-state index in [1.165, 1.54) is 0 Å². The van der Waals surface area contributed by atoms with Crippen LogP contribution in [-0.2, 0) is 0 Å². The van der Waals surface area contributed by atoms with Crippen molar-refractivity contribution < 1.29 is 4.42 Å². The lowest BCUT2D eigenvalue weighted by Gasteiger charge is -2.19. The van der Waals surface area contributed by atoms with E-state index in [-0.39, 0.29) is 0 Å². The number of hydrazone groups is 1. The van der Waals surface area contributed by atoms with Crippen LogP contribution in [-0.4, -0.2) is 10.7 Å². The van der Waals surface area contributed by atoms with Crippen LogP contribution in [0.5, 0.6) is 0 Å². The van der Waals surface area contributed by atoms with Crippen LogP contribution in [0.2, 0.25) is 0 Å². The Morgan fingerprint density at radius 2 is 1.52 bits per heavy atom. The SMILES string of the molecule is C=C1NN=C(c2ccc(Nc3ncc(-c4ccccc4)o3)cc2)c2ccccc21. The van der Waals surface area contributed by atoms with Gasteiger partial charge in [0.2, 0.25) is 0 Å². The van der Waals surface area contributed by atoms with Crippen molar-refractivity contribution in [3.8, 4) is 11.3 Å². The summed E-state index contributed by atoms with van der Waals surface area (Å²) in [6.45, 7) is 4.02. The summed E-state index contributed by atoms with van der Waals surface area (Å²) in [4.78, 5) is 4.32. The number of aromatic nitrogens is 1. The van der Waals surface area contributed by atoms with Crippen molar-refractivity contribution in [1.82, 2.24) is 10.4 Å². The average molecular weight is 378 g/mol. The number of anilines is 2. The van der Waals surface area contributed by atoms with Gasteiger partial charge < -0.3 is 9.73 Å². The van der Waals surface area contributed by atoms with E-state index in [1.807, 2.05) is 72.8 Å². The largest absolute Gasteiger partial charge is 0.423 e. The molecular weight excluding hydrogens is 360 g/mol. The molecular formula is C24H18N4O. The summed E-state index contributed by atoms with van der Waals surface area (Å²) in [6, 6.07) is 26.5. The standard InChI is InChI=1S/C24H18N4O/c1-16-20-9-5-6-10-21(20)23(28-27-16)18-11-13-19(14-12-18)26-24-25-15-22(29-24)17-7-3-2-4-8-17/h2-15,27H,1H2,(H,25,26). The van der Waals surface area contributed by atoms with Crippen molar-refractivity contribution >= 4 is 23.1 Å². The van der Waals surface area contributed by atoms with Crippen LogP contribution in [0.1, 0.15) is 16.7 Å². The van der Waals surface area contributed by atoms with Crippen LogP contribution in [0.25, 0.3) is 17.0 Å². The molecule has 1 aromatic heterocycles. The Morgan fingerprint density at radius 3 is 2.31 bits per heavy atom. The van der Waals surface area contributed by atoms with Gasteiger partial charge in [-0.25, -0.2) is 4.98 Å². The van der Waals surface area contributed by atoms with Gasteiger partial charge in [0, 0.05) is 27.9 Å². The van der Waals surface area contributed by atoms with E-state index in [0.717, 1.165) is 45.1 Å². The lowest BCUT2D eigenvalue weighted by Crippen LogP contribution is -2.19. The predicted molar refractivity (Wildman–Crippen MR) is 116 cm³/mol. The zero-order valence-electron chi connectivity index (χ0n) is 15.6. The van der Waals surface area contributed by atoms with Gasteiger partial charge in [0.25, 0.3) is 6.01 Å². The number of hydrogen-bond acceptors (Lipinski definition) is 5. The minimum atomic E-state index is 0.454. The minimum Gasteiger partial charge on any atom is -0.423 e. The summed E-state index contributed by atoms with van der Waals surface area (Å²) >= 11 is 0. The third-order valence-electron chi connectivity index (χ3n) is 4.78. The van der Waals surface area contributed by atoms with Crippen molar-refractivity contribution in [2.75, 3.05) is 5.32 Å². The molecule has 1 aliphatic heterocycles. The van der Waals surface area contributed by atoms with Crippen molar-refractivity contribution in [3.05, 3.63) is 108 Å². The first-order valence-corrected chi connectivity index (χ1v) is 9.29. The molecule has 2 heterocycles. The first-order chi connectivity index (χ1) is 14.3. The molecule has 0 aliphatic carbocycles. The topological polar surface area (TPSA) is 62.5 Å². The number of nitrogens with zero attached hydrogens (tertiary/aromatic N) is 2. The van der Waals surface area contributed by atoms with Gasteiger partial charge in [-0.3, -0.25) is 5.43 Å². The minimum absolute atomic E-state index is 0.454. The van der Waals surface area contributed by atoms with Gasteiger partial charge in [-0.2, -0.15) is 5.10 Å². The van der Waals surface area contributed by atoms with Crippen LogP contribution in [0.3, 0.4) is 0 Å². The van der Waals surface area contributed by atoms with Gasteiger partial charge >= 0.3 is 0 Å². The second kappa shape index (κ2) is 7.13. The summed E-state index contributed by atoms with van der Waals surface area (Å²) < 4.78 is 5.81. The average Bonchev–Trinajstić information content (AvgIpc) is 3.24. The Morgan fingerprint density at radius 1 is 0.793 bits per heavy atom. The Balaban J connectivity index is 1.37. The maximum atomic E-state index is 5.81. The molecule has 0 unspecified atom stereocenters. The monoisotopic (exact) mass is 378 g/mol. The van der Waals surface area contributed by atoms with Crippen LogP contribution < -0.4 is 10.7 Å². The smallest absolute Gasteiger partial charge is 0.299 e. The molecule has 5 nitrogen and oxygen atoms in total. The molecule has 0 saturated heterocycles. The second-order valence-corrected chi connectivity index (χ2v) is 6.69. The zero-order valence-corrected chi connectivity index (χ0v) is 15.6. The molecule has 3 aromatic carbocycles. The number of rotatable bonds is 4. The highest BCUT2D eigenvalue weighted by atomic mass is 16.4. The summed E-state index contributed by atoms with van der Waals surface area (Å²) in [5.74, 6) is 0.726. The molecule has 0 atom stereocenters. The Labute approximate surface area is 168 Å². The highest BCUT2D eigenvalue weighted by molar-refractivity contribution is 6.16. The molecule has 0 radical (unpaired) electrons. The van der Waals surface area contributed by atoms with E-state index in [0.29, 0.717) is 6.01 Å². The van der Waals surface area contributed by atoms with Crippen molar-refractivity contribution in [2.24, 2.45) is 5.10 Å². The fourth-order valence-corrected chi connectivity index (χ4v) is 3.32. The van der Waals surface area contributed by atoms with Crippen molar-refractivity contribution in [3.63, 3.8) is 0 Å². The van der Waals surface area contributed by atoms with Crippen LogP contribution in [0.15, 0.2) is 101 Å². The Kier molecular flexibility index (Phi) is 4.18. The van der Waals surface area contributed by atoms with Crippen molar-refractivity contribution in [1.29, 1.82) is 0 Å². The highest BCUT2D eigenvalue weighted by Crippen LogP contribution is 2.26. The fourth-order valence-electron chi connectivity index (χ4n) is 3.32. The molecule has 0 spiro atoms. The third-order valence-corrected chi connectivity index (χ3v) is 4.78. The summed E-state index contributed by atoms with van der Waals surface area (Å²) in [5.41, 5.74) is 9.73. The summed E-state index contributed by atoms with van der Waals surface area (Å²) in [7, 11) is 0. The van der Waals surface area contributed by atoms with Crippen LogP contribution >= 0.6 is 0 Å². The van der Waals surface area contributed by atoms with Gasteiger partial charge in [0.05, 0.1) is 17.6 Å². The van der Waals surface area contributed by atoms with Gasteiger partial charge in [-0.05, 0) is 12.1 Å². The van der Waals surface area contributed by atoms with Crippen LogP contribution in [0, 0.1) is 0 Å². The molecule has 0 saturated carbocycles. The molecule has 1 aliphatic rings. The molecule has 0 bridgehead atoms. The fraction of sp³-hybridized carbons (Fsp3) is 0. The second-order valence-electron chi connectivity index (χ2n) is 6.69. The third kappa shape index (κ3) is 3.30.